The lowest BCUT2D eigenvalue weighted by atomic mass is 10.1. The molecule has 1 unspecified atom stereocenters. The number of halogens is 1. The van der Waals surface area contributed by atoms with E-state index in [0.717, 1.165) is 12.1 Å². The van der Waals surface area contributed by atoms with Crippen LogP contribution in [0, 0.1) is 0 Å². The Morgan fingerprint density at radius 2 is 2.07 bits per heavy atom. The van der Waals surface area contributed by atoms with E-state index < -0.39 is 0 Å². The van der Waals surface area contributed by atoms with Crippen molar-refractivity contribution in [1.82, 2.24) is 4.90 Å². The molecule has 0 saturated carbocycles. The molecule has 0 saturated heterocycles. The predicted octanol–water partition coefficient (Wildman–Crippen LogP) is 1.53. The van der Waals surface area contributed by atoms with Crippen molar-refractivity contribution >= 4 is 24.0 Å². The summed E-state index contributed by atoms with van der Waals surface area (Å²) in [4.78, 5) is 13.3. The lowest BCUT2D eigenvalue weighted by molar-refractivity contribution is -0.129. The highest BCUT2D eigenvalue weighted by Crippen LogP contribution is 2.25. The van der Waals surface area contributed by atoms with Gasteiger partial charge in [0.25, 0.3) is 0 Å². The van der Waals surface area contributed by atoms with Crippen LogP contribution < -0.4 is 5.32 Å². The number of nitrogens with zero attached hydrogens (tertiary/aromatic N) is 1. The van der Waals surface area contributed by atoms with Crippen molar-refractivity contribution in [3.8, 4) is 0 Å². The molecule has 1 atom stereocenters. The van der Waals surface area contributed by atoms with Crippen LogP contribution in [0.1, 0.15) is 5.56 Å². The smallest absolute Gasteiger partial charge is 0.244 e. The Morgan fingerprint density at radius 1 is 1.40 bits per heavy atom. The van der Waals surface area contributed by atoms with Gasteiger partial charge in [0.05, 0.1) is 0 Å². The molecule has 0 radical (unpaired) electrons. The first kappa shape index (κ1) is 11.9. The molecule has 2 rings (SSSR count). The first-order valence-corrected chi connectivity index (χ1v) is 4.74. The fourth-order valence-electron chi connectivity index (χ4n) is 1.76. The van der Waals surface area contributed by atoms with Gasteiger partial charge in [-0.1, -0.05) is 18.2 Å². The minimum Gasteiger partial charge on any atom is -0.373 e. The molecule has 1 aromatic rings. The van der Waals surface area contributed by atoms with Gasteiger partial charge in [-0.2, -0.15) is 0 Å². The van der Waals surface area contributed by atoms with E-state index in [-0.39, 0.29) is 24.4 Å². The van der Waals surface area contributed by atoms with E-state index in [9.17, 15) is 4.79 Å². The van der Waals surface area contributed by atoms with E-state index in [2.05, 4.69) is 11.4 Å². The van der Waals surface area contributed by atoms with Crippen LogP contribution in [-0.4, -0.2) is 30.9 Å². The summed E-state index contributed by atoms with van der Waals surface area (Å²) in [6.45, 7) is 0. The van der Waals surface area contributed by atoms with Crippen LogP contribution in [0.3, 0.4) is 0 Å². The second kappa shape index (κ2) is 4.53. The number of rotatable bonds is 1. The van der Waals surface area contributed by atoms with Crippen molar-refractivity contribution in [1.29, 1.82) is 0 Å². The zero-order valence-corrected chi connectivity index (χ0v) is 9.67. The molecule has 1 aromatic carbocycles. The van der Waals surface area contributed by atoms with Gasteiger partial charge < -0.3 is 10.2 Å². The third-order valence-corrected chi connectivity index (χ3v) is 2.51. The molecule has 1 heterocycles. The Bertz CT molecular complexity index is 340. The molecule has 3 nitrogen and oxygen atoms in total. The third kappa shape index (κ3) is 2.23. The van der Waals surface area contributed by atoms with Crippen LogP contribution in [0.15, 0.2) is 24.3 Å². The summed E-state index contributed by atoms with van der Waals surface area (Å²) in [5.74, 6) is 0.140. The molecule has 0 aliphatic carbocycles. The summed E-state index contributed by atoms with van der Waals surface area (Å²) in [6.07, 6.45) is 0.799. The highest BCUT2D eigenvalue weighted by atomic mass is 35.5. The molecule has 1 aliphatic heterocycles. The minimum absolute atomic E-state index is 0. The second-order valence-electron chi connectivity index (χ2n) is 3.79. The van der Waals surface area contributed by atoms with Crippen LogP contribution in [-0.2, 0) is 11.2 Å². The highest BCUT2D eigenvalue weighted by Gasteiger charge is 2.26. The average Bonchev–Trinajstić information content (AvgIpc) is 2.59. The molecule has 4 heteroatoms. The van der Waals surface area contributed by atoms with Gasteiger partial charge in [0.1, 0.15) is 6.04 Å². The van der Waals surface area contributed by atoms with Gasteiger partial charge in [-0.05, 0) is 11.6 Å². The zero-order valence-electron chi connectivity index (χ0n) is 8.86. The van der Waals surface area contributed by atoms with Crippen molar-refractivity contribution in [2.75, 3.05) is 19.4 Å². The summed E-state index contributed by atoms with van der Waals surface area (Å²) in [6, 6.07) is 7.98. The van der Waals surface area contributed by atoms with E-state index in [1.54, 1.807) is 19.0 Å². The quantitative estimate of drug-likeness (QED) is 0.788. The molecule has 1 aliphatic rings. The molecule has 1 amide bonds. The van der Waals surface area contributed by atoms with Gasteiger partial charge in [0.2, 0.25) is 5.91 Å². The van der Waals surface area contributed by atoms with Gasteiger partial charge in [-0.15, -0.1) is 12.4 Å². The highest BCUT2D eigenvalue weighted by molar-refractivity contribution is 5.87. The number of para-hydroxylation sites is 1. The number of nitrogens with one attached hydrogen (secondary N) is 1. The Morgan fingerprint density at radius 3 is 2.67 bits per heavy atom. The fraction of sp³-hybridized carbons (Fsp3) is 0.364. The normalized spacial score (nSPS) is 17.3. The number of likely N-dealkylation sites (N-methyl/N-ethyl adjacent to an activating group) is 1. The lowest BCUT2D eigenvalue weighted by Gasteiger charge is -2.16. The number of carbonyl (C=O) groups is 1. The number of fused-ring (bicyclic) bond motifs is 1. The number of hydrogen-bond donors (Lipinski definition) is 1. The lowest BCUT2D eigenvalue weighted by Crippen LogP contribution is -2.37. The zero-order chi connectivity index (χ0) is 10.1. The number of hydrogen-bond acceptors (Lipinski definition) is 2. The average molecular weight is 227 g/mol. The summed E-state index contributed by atoms with van der Waals surface area (Å²) in [5, 5.41) is 3.22. The van der Waals surface area contributed by atoms with E-state index in [1.165, 1.54) is 5.56 Å². The first-order chi connectivity index (χ1) is 6.68. The van der Waals surface area contributed by atoms with Crippen LogP contribution in [0.2, 0.25) is 0 Å². The minimum atomic E-state index is -0.0811. The predicted molar refractivity (Wildman–Crippen MR) is 63.5 cm³/mol. The Hall–Kier alpha value is -1.22. The van der Waals surface area contributed by atoms with Crippen molar-refractivity contribution in [3.63, 3.8) is 0 Å². The van der Waals surface area contributed by atoms with E-state index in [1.807, 2.05) is 18.2 Å². The molecule has 15 heavy (non-hydrogen) atoms. The van der Waals surface area contributed by atoms with Gasteiger partial charge in [-0.25, -0.2) is 0 Å². The number of benzene rings is 1. The topological polar surface area (TPSA) is 32.3 Å². The monoisotopic (exact) mass is 226 g/mol. The van der Waals surface area contributed by atoms with Gasteiger partial charge in [-0.3, -0.25) is 4.79 Å². The molecule has 0 aromatic heterocycles. The molecule has 0 bridgehead atoms. The summed E-state index contributed by atoms with van der Waals surface area (Å²) in [5.41, 5.74) is 2.32. The standard InChI is InChI=1S/C11H14N2O.ClH/c1-13(2)11(14)10-7-8-5-3-4-6-9(8)12-10;/h3-6,10,12H,7H2,1-2H3;1H. The van der Waals surface area contributed by atoms with Crippen molar-refractivity contribution in [2.45, 2.75) is 12.5 Å². The van der Waals surface area contributed by atoms with Gasteiger partial charge in [0, 0.05) is 26.2 Å². The molecular weight excluding hydrogens is 212 g/mol. The van der Waals surface area contributed by atoms with Crippen molar-refractivity contribution in [2.24, 2.45) is 0 Å². The maximum Gasteiger partial charge on any atom is 0.244 e. The largest absolute Gasteiger partial charge is 0.373 e. The van der Waals surface area contributed by atoms with E-state index in [0.29, 0.717) is 0 Å². The van der Waals surface area contributed by atoms with Gasteiger partial charge >= 0.3 is 0 Å². The number of amides is 1. The van der Waals surface area contributed by atoms with E-state index in [4.69, 9.17) is 0 Å². The Balaban J connectivity index is 0.00000112. The molecular formula is C11H15ClN2O. The van der Waals surface area contributed by atoms with Gasteiger partial charge in [0.15, 0.2) is 0 Å². The first-order valence-electron chi connectivity index (χ1n) is 4.74. The molecule has 82 valence electrons. The Labute approximate surface area is 95.9 Å². The summed E-state index contributed by atoms with van der Waals surface area (Å²) < 4.78 is 0. The summed E-state index contributed by atoms with van der Waals surface area (Å²) in [7, 11) is 3.57. The van der Waals surface area contributed by atoms with Crippen LogP contribution in [0.5, 0.6) is 0 Å². The number of carbonyl (C=O) groups excluding carboxylic acids is 1. The molecule has 0 spiro atoms. The third-order valence-electron chi connectivity index (χ3n) is 2.51. The van der Waals surface area contributed by atoms with Crippen LogP contribution >= 0.6 is 12.4 Å². The number of anilines is 1. The maximum absolute atomic E-state index is 11.7. The van der Waals surface area contributed by atoms with Crippen LogP contribution in [0.25, 0.3) is 0 Å². The molecule has 0 fully saturated rings. The maximum atomic E-state index is 11.7. The van der Waals surface area contributed by atoms with Crippen molar-refractivity contribution < 1.29 is 4.79 Å². The van der Waals surface area contributed by atoms with E-state index >= 15 is 0 Å². The molecule has 1 N–H and O–H groups in total. The fourth-order valence-corrected chi connectivity index (χ4v) is 1.76. The SMILES string of the molecule is CN(C)C(=O)C1Cc2ccccc2N1.Cl. The van der Waals surface area contributed by atoms with Crippen molar-refractivity contribution in [3.05, 3.63) is 29.8 Å². The summed E-state index contributed by atoms with van der Waals surface area (Å²) >= 11 is 0. The Kier molecular flexibility index (Phi) is 3.58. The second-order valence-corrected chi connectivity index (χ2v) is 3.79. The van der Waals surface area contributed by atoms with Crippen LogP contribution in [0.4, 0.5) is 5.69 Å².